The van der Waals surface area contributed by atoms with Crippen molar-refractivity contribution in [2.24, 2.45) is 5.41 Å². The first kappa shape index (κ1) is 28.2. The number of nitrogens with zero attached hydrogens (tertiary/aromatic N) is 6. The number of nitro groups is 6. The molecule has 0 saturated heterocycles. The van der Waals surface area contributed by atoms with Gasteiger partial charge in [0.25, 0.3) is 0 Å². The van der Waals surface area contributed by atoms with Gasteiger partial charge < -0.3 is 0 Å². The second-order valence-electron chi connectivity index (χ2n) is 11.7. The molecule has 44 heavy (non-hydrogen) atoms. The lowest BCUT2D eigenvalue weighted by molar-refractivity contribution is -0.422. The highest BCUT2D eigenvalue weighted by Crippen LogP contribution is 2.83. The van der Waals surface area contributed by atoms with Gasteiger partial charge in [0.05, 0.1) is 29.5 Å². The van der Waals surface area contributed by atoms with E-state index in [1.165, 1.54) is 0 Å². The van der Waals surface area contributed by atoms with Crippen molar-refractivity contribution in [3.63, 3.8) is 0 Å². The summed E-state index contributed by atoms with van der Waals surface area (Å²) in [5.74, 6) is 0. The van der Waals surface area contributed by atoms with Gasteiger partial charge in [0, 0.05) is 58.1 Å². The fourth-order valence-electron chi connectivity index (χ4n) is 8.64. The van der Waals surface area contributed by atoms with Crippen molar-refractivity contribution in [2.75, 3.05) is 0 Å². The van der Waals surface area contributed by atoms with Crippen molar-refractivity contribution >= 4 is 34.1 Å². The Bertz CT molecular complexity index is 1670. The molecule has 0 spiro atoms. The molecule has 0 saturated carbocycles. The number of fused-ring (bicyclic) bond motifs is 9. The smallest absolute Gasteiger partial charge is 0.258 e. The maximum absolute atomic E-state index is 12.0. The maximum Gasteiger partial charge on any atom is 0.346 e. The standard InChI is InChI=1S/C26H18N6O12/c1-23-11-5-17(27(33)34)19(29(37)38)7-13(11)24(2)15-9-21(31(41)42)22(32(43)44)10-16(15)25(3,26(23,24)4)14-8-20(30(39)40)18(28(35)36)6-12(14)23/h5-10H,1-4H3. The first-order valence-electron chi connectivity index (χ1n) is 12.7. The third kappa shape index (κ3) is 2.66. The van der Waals surface area contributed by atoms with Crippen molar-refractivity contribution in [2.45, 2.75) is 43.9 Å². The molecule has 18 heteroatoms. The molecule has 3 aromatic rings. The highest BCUT2D eigenvalue weighted by atomic mass is 16.7. The van der Waals surface area contributed by atoms with E-state index in [-0.39, 0.29) is 33.4 Å². The Kier molecular flexibility index (Phi) is 5.07. The van der Waals surface area contributed by atoms with E-state index in [0.29, 0.717) is 0 Å². The van der Waals surface area contributed by atoms with Gasteiger partial charge in [0.2, 0.25) is 0 Å². The molecule has 18 nitrogen and oxygen atoms in total. The molecular weight excluding hydrogens is 588 g/mol. The molecule has 6 rings (SSSR count). The first-order valence-corrected chi connectivity index (χ1v) is 12.7. The quantitative estimate of drug-likeness (QED) is 0.252. The van der Waals surface area contributed by atoms with Gasteiger partial charge in [-0.15, -0.1) is 0 Å². The van der Waals surface area contributed by atoms with Crippen LogP contribution in [0.4, 0.5) is 34.1 Å². The lowest BCUT2D eigenvalue weighted by atomic mass is 9.52. The fourth-order valence-corrected chi connectivity index (χ4v) is 8.64. The molecule has 0 aliphatic heterocycles. The average Bonchev–Trinajstić information content (AvgIpc) is 3.30. The summed E-state index contributed by atoms with van der Waals surface area (Å²) in [7, 11) is 0. The van der Waals surface area contributed by atoms with Crippen LogP contribution in [0, 0.1) is 66.1 Å². The molecule has 0 bridgehead atoms. The van der Waals surface area contributed by atoms with E-state index in [1.807, 2.05) is 0 Å². The van der Waals surface area contributed by atoms with Crippen LogP contribution in [0.5, 0.6) is 0 Å². The molecule has 0 heterocycles. The highest BCUT2D eigenvalue weighted by molar-refractivity contribution is 5.82. The van der Waals surface area contributed by atoms with Gasteiger partial charge >= 0.3 is 34.1 Å². The number of hydrogen-bond acceptors (Lipinski definition) is 12. The molecule has 224 valence electrons. The van der Waals surface area contributed by atoms with E-state index in [9.17, 15) is 60.7 Å². The zero-order valence-electron chi connectivity index (χ0n) is 23.0. The van der Waals surface area contributed by atoms with Crippen molar-refractivity contribution in [1.82, 2.24) is 0 Å². The van der Waals surface area contributed by atoms with Crippen LogP contribution in [0.25, 0.3) is 0 Å². The Morgan fingerprint density at radius 2 is 0.500 bits per heavy atom. The van der Waals surface area contributed by atoms with E-state index < -0.39 is 85.3 Å². The fraction of sp³-hybridized carbons (Fsp3) is 0.308. The summed E-state index contributed by atoms with van der Waals surface area (Å²) in [4.78, 5) is 66.5. The zero-order valence-corrected chi connectivity index (χ0v) is 23.0. The van der Waals surface area contributed by atoms with Gasteiger partial charge in [-0.25, -0.2) is 0 Å². The lowest BCUT2D eigenvalue weighted by Gasteiger charge is -2.49. The molecule has 3 aromatic carbocycles. The van der Waals surface area contributed by atoms with Gasteiger partial charge in [0.1, 0.15) is 0 Å². The molecule has 0 N–H and O–H groups in total. The molecule has 3 aliphatic carbocycles. The van der Waals surface area contributed by atoms with Crippen LogP contribution >= 0.6 is 0 Å². The monoisotopic (exact) mass is 606 g/mol. The van der Waals surface area contributed by atoms with E-state index in [2.05, 4.69) is 0 Å². The van der Waals surface area contributed by atoms with Crippen molar-refractivity contribution in [1.29, 1.82) is 0 Å². The molecule has 0 radical (unpaired) electrons. The van der Waals surface area contributed by atoms with E-state index in [0.717, 1.165) is 36.4 Å². The minimum absolute atomic E-state index is 0.152. The summed E-state index contributed by atoms with van der Waals surface area (Å²) in [6, 6.07) is 6.03. The predicted molar refractivity (Wildman–Crippen MR) is 147 cm³/mol. The Morgan fingerprint density at radius 3 is 0.614 bits per heavy atom. The summed E-state index contributed by atoms with van der Waals surface area (Å²) in [5.41, 5.74) is -10.2. The van der Waals surface area contributed by atoms with Gasteiger partial charge in [-0.1, -0.05) is 27.7 Å². The highest BCUT2D eigenvalue weighted by Gasteiger charge is 2.81. The average molecular weight is 606 g/mol. The molecular formula is C26H18N6O12. The Balaban J connectivity index is 1.92. The molecule has 0 amide bonds. The lowest BCUT2D eigenvalue weighted by Crippen LogP contribution is -2.51. The van der Waals surface area contributed by atoms with Crippen molar-refractivity contribution in [3.8, 4) is 0 Å². The van der Waals surface area contributed by atoms with Gasteiger partial charge in [-0.2, -0.15) is 0 Å². The van der Waals surface area contributed by atoms with E-state index >= 15 is 0 Å². The Labute approximate surface area is 243 Å². The molecule has 0 fully saturated rings. The summed E-state index contributed by atoms with van der Waals surface area (Å²) in [5, 5.41) is 72.2. The number of nitro benzene ring substituents is 6. The second kappa shape index (κ2) is 7.91. The maximum atomic E-state index is 12.0. The summed E-state index contributed by atoms with van der Waals surface area (Å²) in [6.07, 6.45) is 0. The van der Waals surface area contributed by atoms with Crippen LogP contribution < -0.4 is 0 Å². The summed E-state index contributed by atoms with van der Waals surface area (Å²) >= 11 is 0. The number of benzene rings is 3. The van der Waals surface area contributed by atoms with Gasteiger partial charge in [0.15, 0.2) is 0 Å². The molecule has 0 atom stereocenters. The summed E-state index contributed by atoms with van der Waals surface area (Å²) < 4.78 is 0. The molecule has 3 aliphatic rings. The van der Waals surface area contributed by atoms with Crippen molar-refractivity contribution < 1.29 is 29.5 Å². The third-order valence-corrected chi connectivity index (χ3v) is 10.8. The normalized spacial score (nSPS) is 26.7. The SMILES string of the molecule is CC12c3cc([N+](=O)[O-])c([N+](=O)[O-])cc3C3(C)c4cc([N+](=O)[O-])c([N+](=O)[O-])cc4C(C)(c4cc([N+](=O)[O-])c([N+](=O)[O-])cc41)C23C. The van der Waals surface area contributed by atoms with Crippen LogP contribution in [0.2, 0.25) is 0 Å². The predicted octanol–water partition coefficient (Wildman–Crippen LogP) is 5.40. The van der Waals surface area contributed by atoms with Crippen LogP contribution in [0.1, 0.15) is 61.1 Å². The van der Waals surface area contributed by atoms with Gasteiger partial charge in [-0.05, 0) is 33.4 Å². The minimum atomic E-state index is -1.50. The van der Waals surface area contributed by atoms with Crippen LogP contribution in [-0.4, -0.2) is 29.5 Å². The van der Waals surface area contributed by atoms with E-state index in [1.54, 1.807) is 27.7 Å². The van der Waals surface area contributed by atoms with E-state index in [4.69, 9.17) is 0 Å². The largest absolute Gasteiger partial charge is 0.346 e. The Morgan fingerprint density at radius 1 is 0.364 bits per heavy atom. The minimum Gasteiger partial charge on any atom is -0.258 e. The molecule has 0 aromatic heterocycles. The van der Waals surface area contributed by atoms with Crippen LogP contribution in [0.15, 0.2) is 36.4 Å². The van der Waals surface area contributed by atoms with Crippen LogP contribution in [-0.2, 0) is 16.2 Å². The zero-order chi connectivity index (χ0) is 32.6. The number of hydrogen-bond donors (Lipinski definition) is 0. The molecule has 0 unspecified atom stereocenters. The second-order valence-corrected chi connectivity index (χ2v) is 11.7. The first-order chi connectivity index (χ1) is 20.3. The van der Waals surface area contributed by atoms with Crippen molar-refractivity contribution in [3.05, 3.63) is 130 Å². The third-order valence-electron chi connectivity index (χ3n) is 10.8. The van der Waals surface area contributed by atoms with Crippen LogP contribution in [0.3, 0.4) is 0 Å². The Hall–Kier alpha value is -5.94. The van der Waals surface area contributed by atoms with Gasteiger partial charge in [-0.3, -0.25) is 60.7 Å². The topological polar surface area (TPSA) is 259 Å². The number of rotatable bonds is 6. The summed E-state index contributed by atoms with van der Waals surface area (Å²) in [6.45, 7) is 6.48.